The second-order valence-electron chi connectivity index (χ2n) is 5.21. The van der Waals surface area contributed by atoms with Gasteiger partial charge in [0.05, 0.1) is 4.92 Å². The van der Waals surface area contributed by atoms with Crippen molar-refractivity contribution in [2.24, 2.45) is 0 Å². The van der Waals surface area contributed by atoms with Gasteiger partial charge in [0.1, 0.15) is 11.3 Å². The van der Waals surface area contributed by atoms with E-state index in [4.69, 9.17) is 4.74 Å². The van der Waals surface area contributed by atoms with E-state index in [-0.39, 0.29) is 22.8 Å². The van der Waals surface area contributed by atoms with Crippen LogP contribution in [0.4, 0.5) is 5.69 Å². The van der Waals surface area contributed by atoms with Crippen LogP contribution in [0.25, 0.3) is 0 Å². The monoisotopic (exact) mass is 323 g/mol. The van der Waals surface area contributed by atoms with Gasteiger partial charge >= 0.3 is 5.97 Å². The topological polar surface area (TPSA) is 107 Å². The smallest absolute Gasteiger partial charge is 0.339 e. The second-order valence-corrected chi connectivity index (χ2v) is 5.21. The number of aromatic carboxylic acids is 1. The molecule has 0 saturated heterocycles. The summed E-state index contributed by atoms with van der Waals surface area (Å²) in [6, 6.07) is 3.35. The maximum atomic E-state index is 12.1. The molecule has 0 fully saturated rings. The fraction of sp³-hybridized carbons (Fsp3) is 0.500. The number of benzene rings is 1. The molecule has 0 aliphatic rings. The molecule has 0 amide bonds. The zero-order valence-electron chi connectivity index (χ0n) is 13.3. The van der Waals surface area contributed by atoms with Gasteiger partial charge in [0.25, 0.3) is 5.69 Å². The largest absolute Gasteiger partial charge is 0.482 e. The highest BCUT2D eigenvalue weighted by Gasteiger charge is 2.23. The number of carboxylic acid groups (broad SMARTS) is 1. The minimum absolute atomic E-state index is 0.0198. The SMILES string of the molecule is CCCCC(Oc1ccc([N+](=O)[O-])cc1C(=O)O)C(=O)CCC. The molecule has 0 aromatic heterocycles. The summed E-state index contributed by atoms with van der Waals surface area (Å²) in [6.07, 6.45) is 2.45. The molecule has 0 aliphatic heterocycles. The van der Waals surface area contributed by atoms with Crippen molar-refractivity contribution in [2.45, 2.75) is 52.1 Å². The van der Waals surface area contributed by atoms with Crippen molar-refractivity contribution < 1.29 is 24.4 Å². The van der Waals surface area contributed by atoms with E-state index < -0.39 is 17.0 Å². The molecule has 0 spiro atoms. The summed E-state index contributed by atoms with van der Waals surface area (Å²) in [6.45, 7) is 3.86. The van der Waals surface area contributed by atoms with Crippen LogP contribution in [-0.4, -0.2) is 27.9 Å². The molecule has 7 heteroatoms. The first-order chi connectivity index (χ1) is 10.9. The van der Waals surface area contributed by atoms with Gasteiger partial charge in [0.2, 0.25) is 0 Å². The highest BCUT2D eigenvalue weighted by atomic mass is 16.6. The third-order valence-electron chi connectivity index (χ3n) is 3.35. The third-order valence-corrected chi connectivity index (χ3v) is 3.35. The van der Waals surface area contributed by atoms with E-state index in [2.05, 4.69) is 0 Å². The minimum Gasteiger partial charge on any atom is -0.482 e. The standard InChI is InChI=1S/C16H21NO6/c1-3-5-7-15(13(18)6-4-2)23-14-9-8-11(17(21)22)10-12(14)16(19)20/h8-10,15H,3-7H2,1-2H3,(H,19,20). The molecule has 0 saturated carbocycles. The van der Waals surface area contributed by atoms with Crippen molar-refractivity contribution in [2.75, 3.05) is 0 Å². The molecule has 1 unspecified atom stereocenters. The zero-order chi connectivity index (χ0) is 17.4. The number of carboxylic acids is 1. The van der Waals surface area contributed by atoms with Gasteiger partial charge < -0.3 is 9.84 Å². The fourth-order valence-corrected chi connectivity index (χ4v) is 2.14. The minimum atomic E-state index is -1.33. The summed E-state index contributed by atoms with van der Waals surface area (Å²) in [5, 5.41) is 20.0. The average molecular weight is 323 g/mol. The van der Waals surface area contributed by atoms with E-state index in [1.165, 1.54) is 12.1 Å². The Morgan fingerprint density at radius 1 is 1.30 bits per heavy atom. The first-order valence-electron chi connectivity index (χ1n) is 7.61. The Kier molecular flexibility index (Phi) is 7.18. The summed E-state index contributed by atoms with van der Waals surface area (Å²) in [4.78, 5) is 33.5. The fourth-order valence-electron chi connectivity index (χ4n) is 2.14. The van der Waals surface area contributed by atoms with Crippen LogP contribution in [0.1, 0.15) is 56.3 Å². The summed E-state index contributed by atoms with van der Waals surface area (Å²) >= 11 is 0. The molecule has 126 valence electrons. The lowest BCUT2D eigenvalue weighted by Crippen LogP contribution is -2.28. The van der Waals surface area contributed by atoms with Crippen LogP contribution in [0.15, 0.2) is 18.2 Å². The van der Waals surface area contributed by atoms with Crippen molar-refractivity contribution in [1.82, 2.24) is 0 Å². The van der Waals surface area contributed by atoms with Crippen LogP contribution in [0.3, 0.4) is 0 Å². The van der Waals surface area contributed by atoms with E-state index in [9.17, 15) is 24.8 Å². The van der Waals surface area contributed by atoms with Crippen molar-refractivity contribution in [1.29, 1.82) is 0 Å². The van der Waals surface area contributed by atoms with Crippen LogP contribution in [0.5, 0.6) is 5.75 Å². The molecular weight excluding hydrogens is 302 g/mol. The van der Waals surface area contributed by atoms with Crippen molar-refractivity contribution in [3.8, 4) is 5.75 Å². The molecular formula is C16H21NO6. The van der Waals surface area contributed by atoms with Gasteiger partial charge in [-0.2, -0.15) is 0 Å². The number of hydrogen-bond acceptors (Lipinski definition) is 5. The molecule has 1 aromatic carbocycles. The Morgan fingerprint density at radius 3 is 2.52 bits per heavy atom. The number of non-ortho nitro benzene ring substituents is 1. The van der Waals surface area contributed by atoms with E-state index >= 15 is 0 Å². The maximum absolute atomic E-state index is 12.1. The van der Waals surface area contributed by atoms with Crippen LogP contribution < -0.4 is 4.74 Å². The number of nitrogens with zero attached hydrogens (tertiary/aromatic N) is 1. The molecule has 7 nitrogen and oxygen atoms in total. The Hall–Kier alpha value is -2.44. The van der Waals surface area contributed by atoms with Gasteiger partial charge in [-0.3, -0.25) is 14.9 Å². The predicted octanol–water partition coefficient (Wildman–Crippen LogP) is 3.60. The number of nitro benzene ring substituents is 1. The Labute approximate surface area is 134 Å². The number of nitro groups is 1. The van der Waals surface area contributed by atoms with Gasteiger partial charge in [-0.1, -0.05) is 20.3 Å². The quantitative estimate of drug-likeness (QED) is 0.521. The van der Waals surface area contributed by atoms with Gasteiger partial charge in [-0.15, -0.1) is 0 Å². The highest BCUT2D eigenvalue weighted by Crippen LogP contribution is 2.26. The van der Waals surface area contributed by atoms with Gasteiger partial charge in [-0.25, -0.2) is 4.79 Å². The number of hydrogen-bond donors (Lipinski definition) is 1. The summed E-state index contributed by atoms with van der Waals surface area (Å²) in [5.41, 5.74) is -0.648. The van der Waals surface area contributed by atoms with E-state index in [1.54, 1.807) is 0 Å². The van der Waals surface area contributed by atoms with E-state index in [0.29, 0.717) is 19.3 Å². The van der Waals surface area contributed by atoms with Crippen molar-refractivity contribution >= 4 is 17.4 Å². The Bertz CT molecular complexity index is 584. The third kappa shape index (κ3) is 5.36. The van der Waals surface area contributed by atoms with Crippen molar-refractivity contribution in [3.63, 3.8) is 0 Å². The van der Waals surface area contributed by atoms with Crippen LogP contribution in [-0.2, 0) is 4.79 Å². The molecule has 0 bridgehead atoms. The highest BCUT2D eigenvalue weighted by molar-refractivity contribution is 5.92. The molecule has 1 N–H and O–H groups in total. The van der Waals surface area contributed by atoms with Gasteiger partial charge in [0, 0.05) is 18.6 Å². The summed E-state index contributed by atoms with van der Waals surface area (Å²) < 4.78 is 5.61. The number of carbonyl (C=O) groups excluding carboxylic acids is 1. The number of ether oxygens (including phenoxy) is 1. The predicted molar refractivity (Wildman–Crippen MR) is 83.9 cm³/mol. The lowest BCUT2D eigenvalue weighted by Gasteiger charge is -2.19. The first kappa shape index (κ1) is 18.6. The normalized spacial score (nSPS) is 11.7. The van der Waals surface area contributed by atoms with Crippen LogP contribution >= 0.6 is 0 Å². The molecule has 0 aliphatic carbocycles. The van der Waals surface area contributed by atoms with E-state index in [1.807, 2.05) is 13.8 Å². The number of rotatable bonds is 10. The maximum Gasteiger partial charge on any atom is 0.339 e. The summed E-state index contributed by atoms with van der Waals surface area (Å²) in [5.74, 6) is -1.44. The van der Waals surface area contributed by atoms with Crippen LogP contribution in [0.2, 0.25) is 0 Å². The van der Waals surface area contributed by atoms with Crippen LogP contribution in [0, 0.1) is 10.1 Å². The number of carbonyl (C=O) groups is 2. The molecule has 1 aromatic rings. The molecule has 23 heavy (non-hydrogen) atoms. The lowest BCUT2D eigenvalue weighted by molar-refractivity contribution is -0.384. The van der Waals surface area contributed by atoms with Crippen molar-refractivity contribution in [3.05, 3.63) is 33.9 Å². The lowest BCUT2D eigenvalue weighted by atomic mass is 10.0. The molecule has 0 radical (unpaired) electrons. The molecule has 0 heterocycles. The molecule has 1 atom stereocenters. The molecule has 1 rings (SSSR count). The average Bonchev–Trinajstić information content (AvgIpc) is 2.51. The van der Waals surface area contributed by atoms with Gasteiger partial charge in [0.15, 0.2) is 11.9 Å². The summed E-state index contributed by atoms with van der Waals surface area (Å²) in [7, 11) is 0. The zero-order valence-corrected chi connectivity index (χ0v) is 13.3. The first-order valence-corrected chi connectivity index (χ1v) is 7.61. The second kappa shape index (κ2) is 8.87. The Balaban J connectivity index is 3.08. The van der Waals surface area contributed by atoms with E-state index in [0.717, 1.165) is 18.9 Å². The number of Topliss-reactive ketones (excluding diaryl/α,β-unsaturated/α-hetero) is 1. The Morgan fingerprint density at radius 2 is 2.00 bits per heavy atom. The number of ketones is 1. The number of unbranched alkanes of at least 4 members (excludes halogenated alkanes) is 1. The van der Waals surface area contributed by atoms with Gasteiger partial charge in [-0.05, 0) is 25.3 Å².